The molecule has 0 aromatic carbocycles. The number of carboxylic acid groups (broad SMARTS) is 1. The van der Waals surface area contributed by atoms with Crippen molar-refractivity contribution in [2.45, 2.75) is 40.5 Å². The molecular weight excluding hydrogens is 248 g/mol. The average Bonchev–Trinajstić information content (AvgIpc) is 2.20. The van der Waals surface area contributed by atoms with Crippen molar-refractivity contribution in [1.82, 2.24) is 4.90 Å². The lowest BCUT2D eigenvalue weighted by atomic mass is 9.79. The first-order valence-corrected chi connectivity index (χ1v) is 6.41. The summed E-state index contributed by atoms with van der Waals surface area (Å²) in [4.78, 5) is 35.8. The molecule has 0 radical (unpaired) electrons. The molecule has 0 rings (SSSR count). The van der Waals surface area contributed by atoms with Gasteiger partial charge in [0.25, 0.3) is 0 Å². The number of carbonyl (C=O) groups excluding carboxylic acids is 2. The van der Waals surface area contributed by atoms with Crippen LogP contribution in [0, 0.1) is 11.3 Å². The van der Waals surface area contributed by atoms with Crippen LogP contribution in [0.1, 0.15) is 40.5 Å². The summed E-state index contributed by atoms with van der Waals surface area (Å²) in [5, 5.41) is 9.22. The summed E-state index contributed by atoms with van der Waals surface area (Å²) >= 11 is 0. The zero-order chi connectivity index (χ0) is 15.2. The molecule has 0 saturated heterocycles. The topological polar surface area (TPSA) is 101 Å². The van der Waals surface area contributed by atoms with E-state index in [9.17, 15) is 19.5 Å². The Morgan fingerprint density at radius 2 is 1.79 bits per heavy atom. The molecule has 0 aromatic rings. The second-order valence-electron chi connectivity index (χ2n) is 5.72. The van der Waals surface area contributed by atoms with Gasteiger partial charge in [-0.05, 0) is 11.8 Å². The van der Waals surface area contributed by atoms with Gasteiger partial charge in [0.1, 0.15) is 5.92 Å². The third-order valence-corrected chi connectivity index (χ3v) is 2.80. The largest absolute Gasteiger partial charge is 0.481 e. The number of nitrogens with two attached hydrogens (primary N) is 1. The van der Waals surface area contributed by atoms with Crippen molar-refractivity contribution < 1.29 is 19.5 Å². The van der Waals surface area contributed by atoms with Gasteiger partial charge >= 0.3 is 5.97 Å². The Balaban J connectivity index is 5.12. The number of hydrogen-bond donors (Lipinski definition) is 2. The normalized spacial score (nSPS) is 12.8. The summed E-state index contributed by atoms with van der Waals surface area (Å²) in [6, 6.07) is 0. The van der Waals surface area contributed by atoms with E-state index in [0.717, 1.165) is 6.42 Å². The van der Waals surface area contributed by atoms with Crippen molar-refractivity contribution in [1.29, 1.82) is 0 Å². The Hall–Kier alpha value is -1.59. The summed E-state index contributed by atoms with van der Waals surface area (Å²) in [6.45, 7) is 7.12. The summed E-state index contributed by atoms with van der Waals surface area (Å²) in [5.74, 6) is -3.54. The second-order valence-corrected chi connectivity index (χ2v) is 5.72. The van der Waals surface area contributed by atoms with E-state index in [-0.39, 0.29) is 6.54 Å². The van der Waals surface area contributed by atoms with Crippen LogP contribution in [0.2, 0.25) is 0 Å². The second kappa shape index (κ2) is 7.11. The van der Waals surface area contributed by atoms with Crippen molar-refractivity contribution in [3.63, 3.8) is 0 Å². The van der Waals surface area contributed by atoms with Gasteiger partial charge in [-0.15, -0.1) is 0 Å². The van der Waals surface area contributed by atoms with E-state index in [1.165, 1.54) is 4.90 Å². The predicted octanol–water partition coefficient (Wildman–Crippen LogP) is 0.847. The van der Waals surface area contributed by atoms with Crippen molar-refractivity contribution in [3.05, 3.63) is 0 Å². The summed E-state index contributed by atoms with van der Waals surface area (Å²) in [6.07, 6.45) is 1.55. The van der Waals surface area contributed by atoms with E-state index in [1.807, 2.05) is 6.92 Å². The van der Waals surface area contributed by atoms with E-state index in [2.05, 4.69) is 0 Å². The number of amides is 2. The standard InChI is InChI=1S/C13H24N2O4/c1-5-6-7-15(8-9(14)16)11(17)10(12(18)19)13(2,3)4/h10H,5-8H2,1-4H3,(H2,14,16)(H,18,19). The molecule has 0 bridgehead atoms. The molecule has 0 aromatic heterocycles. The highest BCUT2D eigenvalue weighted by atomic mass is 16.4. The molecule has 0 heterocycles. The molecule has 110 valence electrons. The number of rotatable bonds is 7. The molecule has 19 heavy (non-hydrogen) atoms. The van der Waals surface area contributed by atoms with Gasteiger partial charge in [-0.3, -0.25) is 14.4 Å². The molecule has 0 spiro atoms. The quantitative estimate of drug-likeness (QED) is 0.671. The maximum Gasteiger partial charge on any atom is 0.316 e. The Labute approximate surface area is 113 Å². The van der Waals surface area contributed by atoms with Crippen molar-refractivity contribution in [3.8, 4) is 0 Å². The van der Waals surface area contributed by atoms with Crippen LogP contribution in [0.3, 0.4) is 0 Å². The highest BCUT2D eigenvalue weighted by Crippen LogP contribution is 2.28. The smallest absolute Gasteiger partial charge is 0.316 e. The molecule has 3 N–H and O–H groups in total. The molecule has 6 heteroatoms. The summed E-state index contributed by atoms with van der Waals surface area (Å²) in [7, 11) is 0. The highest BCUT2D eigenvalue weighted by molar-refractivity contribution is 5.99. The molecule has 0 aliphatic heterocycles. The van der Waals surface area contributed by atoms with Crippen LogP contribution in [0.4, 0.5) is 0 Å². The van der Waals surface area contributed by atoms with Gasteiger partial charge in [-0.25, -0.2) is 0 Å². The zero-order valence-corrected chi connectivity index (χ0v) is 12.1. The third kappa shape index (κ3) is 5.72. The number of carbonyl (C=O) groups is 3. The van der Waals surface area contributed by atoms with Crippen LogP contribution in [0.25, 0.3) is 0 Å². The lowest BCUT2D eigenvalue weighted by molar-refractivity contribution is -0.157. The predicted molar refractivity (Wildman–Crippen MR) is 71.3 cm³/mol. The SMILES string of the molecule is CCCCN(CC(N)=O)C(=O)C(C(=O)O)C(C)(C)C. The van der Waals surface area contributed by atoms with E-state index in [1.54, 1.807) is 20.8 Å². The Bertz CT molecular complexity index is 347. The minimum Gasteiger partial charge on any atom is -0.481 e. The molecule has 0 fully saturated rings. The van der Waals surface area contributed by atoms with E-state index in [0.29, 0.717) is 13.0 Å². The zero-order valence-electron chi connectivity index (χ0n) is 12.1. The van der Waals surface area contributed by atoms with E-state index >= 15 is 0 Å². The Kier molecular flexibility index (Phi) is 6.52. The Morgan fingerprint density at radius 3 is 2.11 bits per heavy atom. The number of unbranched alkanes of at least 4 members (excludes halogenated alkanes) is 1. The molecule has 0 saturated carbocycles. The first-order valence-electron chi connectivity index (χ1n) is 6.41. The molecule has 6 nitrogen and oxygen atoms in total. The fourth-order valence-corrected chi connectivity index (χ4v) is 1.83. The Morgan fingerprint density at radius 1 is 1.26 bits per heavy atom. The number of nitrogens with zero attached hydrogens (tertiary/aromatic N) is 1. The van der Waals surface area contributed by atoms with E-state index in [4.69, 9.17) is 5.73 Å². The number of aliphatic carboxylic acids is 1. The number of hydrogen-bond acceptors (Lipinski definition) is 3. The third-order valence-electron chi connectivity index (χ3n) is 2.80. The number of carboxylic acids is 1. The van der Waals surface area contributed by atoms with Crippen LogP contribution in [0.5, 0.6) is 0 Å². The molecule has 0 aliphatic carbocycles. The van der Waals surface area contributed by atoms with Crippen LogP contribution < -0.4 is 5.73 Å². The molecule has 0 aliphatic rings. The maximum atomic E-state index is 12.3. The molecule has 1 atom stereocenters. The van der Waals surface area contributed by atoms with Crippen LogP contribution >= 0.6 is 0 Å². The molecule has 1 unspecified atom stereocenters. The first-order chi connectivity index (χ1) is 8.61. The van der Waals surface area contributed by atoms with Gasteiger partial charge in [-0.2, -0.15) is 0 Å². The van der Waals surface area contributed by atoms with Crippen LogP contribution in [-0.4, -0.2) is 40.9 Å². The number of primary amides is 1. The fraction of sp³-hybridized carbons (Fsp3) is 0.769. The summed E-state index contributed by atoms with van der Waals surface area (Å²) < 4.78 is 0. The fourth-order valence-electron chi connectivity index (χ4n) is 1.83. The van der Waals surface area contributed by atoms with Gasteiger partial charge in [0, 0.05) is 6.54 Å². The lowest BCUT2D eigenvalue weighted by Gasteiger charge is -2.31. The average molecular weight is 272 g/mol. The monoisotopic (exact) mass is 272 g/mol. The van der Waals surface area contributed by atoms with Gasteiger partial charge in [0.2, 0.25) is 11.8 Å². The van der Waals surface area contributed by atoms with Gasteiger partial charge in [0.05, 0.1) is 6.54 Å². The molecular formula is C13H24N2O4. The van der Waals surface area contributed by atoms with Crippen molar-refractivity contribution in [2.24, 2.45) is 17.1 Å². The lowest BCUT2D eigenvalue weighted by Crippen LogP contribution is -2.48. The van der Waals surface area contributed by atoms with Gasteiger partial charge < -0.3 is 15.7 Å². The van der Waals surface area contributed by atoms with Crippen LogP contribution in [0.15, 0.2) is 0 Å². The summed E-state index contributed by atoms with van der Waals surface area (Å²) in [5.41, 5.74) is 4.39. The highest BCUT2D eigenvalue weighted by Gasteiger charge is 2.40. The van der Waals surface area contributed by atoms with Gasteiger partial charge in [-0.1, -0.05) is 34.1 Å². The van der Waals surface area contributed by atoms with Crippen molar-refractivity contribution >= 4 is 17.8 Å². The van der Waals surface area contributed by atoms with E-state index < -0.39 is 29.1 Å². The van der Waals surface area contributed by atoms with Gasteiger partial charge in [0.15, 0.2) is 0 Å². The van der Waals surface area contributed by atoms with Crippen LogP contribution in [-0.2, 0) is 14.4 Å². The minimum atomic E-state index is -1.18. The van der Waals surface area contributed by atoms with Crippen molar-refractivity contribution in [2.75, 3.05) is 13.1 Å². The minimum absolute atomic E-state index is 0.237. The maximum absolute atomic E-state index is 12.3. The first kappa shape index (κ1) is 17.4. The molecule has 2 amide bonds.